The van der Waals surface area contributed by atoms with E-state index in [0.29, 0.717) is 6.61 Å². The molecule has 0 saturated carbocycles. The van der Waals surface area contributed by atoms with E-state index in [0.717, 1.165) is 42.1 Å². The Bertz CT molecular complexity index is 911. The fraction of sp³-hybridized carbons (Fsp3) is 0.316. The van der Waals surface area contributed by atoms with Crippen molar-refractivity contribution in [1.29, 1.82) is 0 Å². The van der Waals surface area contributed by atoms with E-state index in [9.17, 15) is 4.39 Å². The first-order chi connectivity index (χ1) is 12.8. The van der Waals surface area contributed by atoms with Crippen molar-refractivity contribution < 1.29 is 9.13 Å². The van der Waals surface area contributed by atoms with E-state index in [1.165, 1.54) is 12.1 Å². The molecule has 2 atom stereocenters. The van der Waals surface area contributed by atoms with Crippen LogP contribution in [-0.2, 0) is 17.9 Å². The lowest BCUT2D eigenvalue weighted by atomic mass is 10.1. The normalized spacial score (nSPS) is 22.2. The summed E-state index contributed by atoms with van der Waals surface area (Å²) in [6, 6.07) is 10.7. The van der Waals surface area contributed by atoms with E-state index in [1.807, 2.05) is 28.9 Å². The number of rotatable bonds is 3. The zero-order valence-corrected chi connectivity index (χ0v) is 14.1. The van der Waals surface area contributed by atoms with Crippen LogP contribution in [0.5, 0.6) is 0 Å². The van der Waals surface area contributed by atoms with Crippen molar-refractivity contribution in [3.8, 4) is 11.3 Å². The van der Waals surface area contributed by atoms with Gasteiger partial charge in [-0.15, -0.1) is 5.10 Å². The van der Waals surface area contributed by atoms with Gasteiger partial charge in [-0.1, -0.05) is 17.3 Å². The van der Waals surface area contributed by atoms with Crippen molar-refractivity contribution in [2.45, 2.75) is 25.3 Å². The van der Waals surface area contributed by atoms with Gasteiger partial charge < -0.3 is 4.74 Å². The predicted octanol–water partition coefficient (Wildman–Crippen LogP) is 2.43. The molecule has 2 aliphatic heterocycles. The van der Waals surface area contributed by atoms with Crippen LogP contribution >= 0.6 is 0 Å². The maximum Gasteiger partial charge on any atom is 0.123 e. The lowest BCUT2D eigenvalue weighted by Gasteiger charge is -2.26. The monoisotopic (exact) mass is 351 g/mol. The molecule has 0 spiro atoms. The van der Waals surface area contributed by atoms with E-state index < -0.39 is 0 Å². The molecule has 26 heavy (non-hydrogen) atoms. The highest BCUT2D eigenvalue weighted by Gasteiger charge is 2.40. The van der Waals surface area contributed by atoms with Crippen LogP contribution in [0.15, 0.2) is 48.8 Å². The zero-order valence-electron chi connectivity index (χ0n) is 14.1. The highest BCUT2D eigenvalue weighted by Crippen LogP contribution is 2.34. The van der Waals surface area contributed by atoms with E-state index >= 15 is 0 Å². The van der Waals surface area contributed by atoms with Gasteiger partial charge in [0.1, 0.15) is 11.5 Å². The zero-order chi connectivity index (χ0) is 17.5. The molecule has 0 N–H and O–H groups in total. The summed E-state index contributed by atoms with van der Waals surface area (Å²) < 4.78 is 21.2. The average molecular weight is 351 g/mol. The maximum absolute atomic E-state index is 13.1. The Labute approximate surface area is 150 Å². The maximum atomic E-state index is 13.1. The summed E-state index contributed by atoms with van der Waals surface area (Å²) in [5.74, 6) is -0.206. The summed E-state index contributed by atoms with van der Waals surface area (Å²) in [5.41, 5.74) is 3.90. The van der Waals surface area contributed by atoms with Gasteiger partial charge in [-0.05, 0) is 29.8 Å². The highest BCUT2D eigenvalue weighted by atomic mass is 19.1. The topological polar surface area (TPSA) is 56.1 Å². The van der Waals surface area contributed by atoms with Gasteiger partial charge in [0.05, 0.1) is 24.4 Å². The van der Waals surface area contributed by atoms with Crippen molar-refractivity contribution in [3.63, 3.8) is 0 Å². The largest absolute Gasteiger partial charge is 0.368 e. The number of ether oxygens (including phenoxy) is 1. The van der Waals surface area contributed by atoms with Crippen molar-refractivity contribution >= 4 is 0 Å². The molecule has 1 aromatic carbocycles. The minimum Gasteiger partial charge on any atom is -0.368 e. The van der Waals surface area contributed by atoms with Gasteiger partial charge in [0.2, 0.25) is 0 Å². The molecule has 0 aliphatic carbocycles. The molecule has 1 fully saturated rings. The Hall–Kier alpha value is -2.64. The molecule has 2 aromatic heterocycles. The average Bonchev–Trinajstić information content (AvgIpc) is 3.27. The van der Waals surface area contributed by atoms with Crippen molar-refractivity contribution in [1.82, 2.24) is 24.9 Å². The van der Waals surface area contributed by atoms with E-state index in [2.05, 4.69) is 20.2 Å². The van der Waals surface area contributed by atoms with E-state index in [1.54, 1.807) is 12.4 Å². The van der Waals surface area contributed by atoms with Gasteiger partial charge in [-0.3, -0.25) is 9.88 Å². The smallest absolute Gasteiger partial charge is 0.123 e. The number of likely N-dealkylation sites (tertiary alicyclic amines) is 1. The first-order valence-electron chi connectivity index (χ1n) is 8.71. The summed E-state index contributed by atoms with van der Waals surface area (Å²) in [6.45, 7) is 2.95. The first kappa shape index (κ1) is 15.6. The lowest BCUT2D eigenvalue weighted by Crippen LogP contribution is -2.32. The second kappa shape index (κ2) is 6.26. The highest BCUT2D eigenvalue weighted by molar-refractivity contribution is 5.60. The molecule has 4 heterocycles. The third-order valence-electron chi connectivity index (χ3n) is 5.11. The van der Waals surface area contributed by atoms with Gasteiger partial charge in [-0.25, -0.2) is 9.07 Å². The molecule has 2 aliphatic rings. The Morgan fingerprint density at radius 2 is 2.04 bits per heavy atom. The number of aromatic nitrogens is 4. The standard InChI is InChI=1S/C19H18FN5O/c20-15-5-3-13(4-6-15)9-24-10-16-18(11-24)26-12-17-19(22-23-25(16)17)14-2-1-7-21-8-14/h1-8,16,18H,9-12H2/t16-,18-/m0/s1. The second-order valence-corrected chi connectivity index (χ2v) is 6.81. The minimum atomic E-state index is -0.206. The fourth-order valence-corrected chi connectivity index (χ4v) is 3.84. The number of benzene rings is 1. The molecule has 1 saturated heterocycles. The number of hydrogen-bond acceptors (Lipinski definition) is 5. The quantitative estimate of drug-likeness (QED) is 0.725. The Kier molecular flexibility index (Phi) is 3.76. The van der Waals surface area contributed by atoms with Crippen LogP contribution < -0.4 is 0 Å². The van der Waals surface area contributed by atoms with Gasteiger partial charge in [0.15, 0.2) is 0 Å². The van der Waals surface area contributed by atoms with E-state index in [4.69, 9.17) is 4.74 Å². The van der Waals surface area contributed by atoms with Gasteiger partial charge in [0, 0.05) is 37.6 Å². The summed E-state index contributed by atoms with van der Waals surface area (Å²) in [6.07, 6.45) is 3.65. The van der Waals surface area contributed by atoms with Crippen molar-refractivity contribution in [2.24, 2.45) is 0 Å². The molecular weight excluding hydrogens is 333 g/mol. The van der Waals surface area contributed by atoms with Crippen LogP contribution in [0.4, 0.5) is 4.39 Å². The number of hydrogen-bond donors (Lipinski definition) is 0. The molecule has 3 aromatic rings. The summed E-state index contributed by atoms with van der Waals surface area (Å²) in [7, 11) is 0. The number of pyridine rings is 1. The van der Waals surface area contributed by atoms with Crippen LogP contribution in [0.2, 0.25) is 0 Å². The van der Waals surface area contributed by atoms with Crippen LogP contribution in [0.25, 0.3) is 11.3 Å². The number of halogens is 1. The van der Waals surface area contributed by atoms with Crippen molar-refractivity contribution in [2.75, 3.05) is 13.1 Å². The molecule has 6 nitrogen and oxygen atoms in total. The summed E-state index contributed by atoms with van der Waals surface area (Å²) >= 11 is 0. The number of nitrogens with zero attached hydrogens (tertiary/aromatic N) is 5. The van der Waals surface area contributed by atoms with Crippen LogP contribution in [-0.4, -0.2) is 44.1 Å². The van der Waals surface area contributed by atoms with Gasteiger partial charge >= 0.3 is 0 Å². The lowest BCUT2D eigenvalue weighted by molar-refractivity contribution is -0.00494. The summed E-state index contributed by atoms with van der Waals surface area (Å²) in [5, 5.41) is 8.79. The van der Waals surface area contributed by atoms with Crippen LogP contribution in [0.1, 0.15) is 17.3 Å². The minimum absolute atomic E-state index is 0.103. The third-order valence-corrected chi connectivity index (χ3v) is 5.11. The Balaban J connectivity index is 1.37. The molecule has 5 rings (SSSR count). The predicted molar refractivity (Wildman–Crippen MR) is 92.5 cm³/mol. The number of fused-ring (bicyclic) bond motifs is 3. The van der Waals surface area contributed by atoms with Gasteiger partial charge in [-0.2, -0.15) is 0 Å². The van der Waals surface area contributed by atoms with Crippen molar-refractivity contribution in [3.05, 3.63) is 65.9 Å². The molecule has 7 heteroatoms. The van der Waals surface area contributed by atoms with Gasteiger partial charge in [0.25, 0.3) is 0 Å². The molecule has 0 radical (unpaired) electrons. The van der Waals surface area contributed by atoms with Crippen LogP contribution in [0.3, 0.4) is 0 Å². The molecule has 0 unspecified atom stereocenters. The second-order valence-electron chi connectivity index (χ2n) is 6.81. The Morgan fingerprint density at radius 3 is 2.85 bits per heavy atom. The molecule has 0 bridgehead atoms. The first-order valence-corrected chi connectivity index (χ1v) is 8.71. The fourth-order valence-electron chi connectivity index (χ4n) is 3.84. The van der Waals surface area contributed by atoms with E-state index in [-0.39, 0.29) is 18.0 Å². The molecule has 132 valence electrons. The third kappa shape index (κ3) is 2.69. The van der Waals surface area contributed by atoms with Crippen LogP contribution in [0, 0.1) is 5.82 Å². The molecule has 0 amide bonds. The SMILES string of the molecule is Fc1ccc(CN2C[C@@H]3OCc4c(-c5cccnc5)nnn4[C@H]3C2)cc1. The Morgan fingerprint density at radius 1 is 1.15 bits per heavy atom. The summed E-state index contributed by atoms with van der Waals surface area (Å²) in [4.78, 5) is 6.49. The molecular formula is C19H18FN5O.